The Balaban J connectivity index is -0.0000000270. The Morgan fingerprint density at radius 3 is 0.500 bits per heavy atom. The fraction of sp³-hybridized carbons (Fsp3) is 0. The Morgan fingerprint density at radius 1 is 0.500 bits per heavy atom. The van der Waals surface area contributed by atoms with E-state index in [0.717, 1.165) is 0 Å². The van der Waals surface area contributed by atoms with Crippen LogP contribution in [0, 0.1) is 0 Å². The maximum Gasteiger partial charge on any atom is 3.00 e. The van der Waals surface area contributed by atoms with Gasteiger partial charge >= 0.3 is 43.4 Å². The van der Waals surface area contributed by atoms with Crippen LogP contribution < -0.4 is 0 Å². The van der Waals surface area contributed by atoms with E-state index in [1.165, 1.54) is 0 Å². The summed E-state index contributed by atoms with van der Waals surface area (Å²) >= 11 is -9.33. The molecule has 9 nitrogen and oxygen atoms in total. The predicted octanol–water partition coefficient (Wildman–Crippen LogP) is -3.02. The molecule has 0 aliphatic carbocycles. The molecule has 0 heterocycles. The van der Waals surface area contributed by atoms with Gasteiger partial charge in [-0.3, -0.25) is 12.6 Å². The first-order valence-corrected chi connectivity index (χ1v) is 4.50. The molecule has 0 aliphatic rings. The molecule has 0 atom stereocenters. The molecule has 0 bridgehead atoms. The zero-order valence-electron chi connectivity index (χ0n) is 5.90. The van der Waals surface area contributed by atoms with Crippen molar-refractivity contribution in [1.82, 2.24) is 0 Å². The molecule has 0 aromatic heterocycles. The smallest absolute Gasteiger partial charge is 0.784 e. The van der Waals surface area contributed by atoms with E-state index in [1.54, 1.807) is 0 Å². The van der Waals surface area contributed by atoms with E-state index in [2.05, 4.69) is 0 Å². The number of hydrogen-bond acceptors (Lipinski definition) is 9. The maximum atomic E-state index is 8.44. The first-order valence-electron chi connectivity index (χ1n) is 1.50. The largest absolute Gasteiger partial charge is 3.00 e. The van der Waals surface area contributed by atoms with Gasteiger partial charge in [0.15, 0.2) is 0 Å². The molecule has 0 saturated carbocycles. The Hall–Kier alpha value is 1.64. The van der Waals surface area contributed by atoms with Gasteiger partial charge in [-0.15, -0.1) is 34.1 Å². The van der Waals surface area contributed by atoms with Crippen LogP contribution in [0.4, 0.5) is 0 Å². The Kier molecular flexibility index (Phi) is 50.9. The average molecular weight is 336 g/mol. The molecule has 0 aromatic carbocycles. The Bertz CT molecular complexity index is 116. The zero-order valence-corrected chi connectivity index (χ0v) is 11.5. The van der Waals surface area contributed by atoms with Crippen LogP contribution in [-0.2, 0) is 77.5 Å². The molecule has 14 heavy (non-hydrogen) atoms. The van der Waals surface area contributed by atoms with Crippen LogP contribution >= 0.6 is 0 Å². The van der Waals surface area contributed by atoms with Gasteiger partial charge in [-0.2, -0.15) is 0 Å². The minimum atomic E-state index is -3.11. The molecule has 0 aromatic rings. The van der Waals surface area contributed by atoms with Gasteiger partial charge in [0.25, 0.3) is 0 Å². The van der Waals surface area contributed by atoms with Gasteiger partial charge in [-0.25, -0.2) is 0 Å². The van der Waals surface area contributed by atoms with Crippen LogP contribution in [0.3, 0.4) is 0 Å². The van der Waals surface area contributed by atoms with Crippen LogP contribution in [0.25, 0.3) is 0 Å². The summed E-state index contributed by atoms with van der Waals surface area (Å²) in [5.74, 6) is 0. The van der Waals surface area contributed by atoms with Gasteiger partial charge in [-0.05, 0) is 0 Å². The van der Waals surface area contributed by atoms with Crippen molar-refractivity contribution >= 4 is 34.1 Å². The van der Waals surface area contributed by atoms with Gasteiger partial charge < -0.3 is 27.3 Å². The summed E-state index contributed by atoms with van der Waals surface area (Å²) in [5, 5.41) is 0. The van der Waals surface area contributed by atoms with Crippen molar-refractivity contribution in [3.63, 3.8) is 0 Å². The Morgan fingerprint density at radius 2 is 0.500 bits per heavy atom. The quantitative estimate of drug-likeness (QED) is 0.327. The topological polar surface area (TPSA) is 190 Å². The molecule has 80 valence electrons. The Labute approximate surface area is 117 Å². The third kappa shape index (κ3) is 811. The van der Waals surface area contributed by atoms with Gasteiger partial charge in [0, 0.05) is 0 Å². The molecule has 0 unspecified atom stereocenters. The second-order valence-electron chi connectivity index (χ2n) is 0.612. The van der Waals surface area contributed by atoms with E-state index in [-0.39, 0.29) is 43.4 Å². The molecule has 0 N–H and O–H groups in total. The summed E-state index contributed by atoms with van der Waals surface area (Å²) in [6.07, 6.45) is 0. The molecule has 0 amide bonds. The van der Waals surface area contributed by atoms with Crippen molar-refractivity contribution in [3.05, 3.63) is 0 Å². The van der Waals surface area contributed by atoms with E-state index in [0.29, 0.717) is 0 Å². The van der Waals surface area contributed by atoms with Crippen molar-refractivity contribution in [2.45, 2.75) is 0 Å². The van der Waals surface area contributed by atoms with Crippen LogP contribution in [0.2, 0.25) is 0 Å². The molecule has 0 spiro atoms. The van der Waals surface area contributed by atoms with Crippen molar-refractivity contribution in [2.24, 2.45) is 0 Å². The number of hydrogen-bond donors (Lipinski definition) is 0. The van der Waals surface area contributed by atoms with Gasteiger partial charge in [0.1, 0.15) is 0 Å². The second-order valence-corrected chi connectivity index (χ2v) is 1.84. The van der Waals surface area contributed by atoms with Crippen LogP contribution in [0.1, 0.15) is 0 Å². The van der Waals surface area contributed by atoms with Crippen molar-refractivity contribution < 1.29 is 83.4 Å². The van der Waals surface area contributed by atoms with E-state index < -0.39 is 34.1 Å². The maximum absolute atomic E-state index is 8.44. The fourth-order valence-corrected chi connectivity index (χ4v) is 0. The second kappa shape index (κ2) is 24.1. The van der Waals surface area contributed by atoms with E-state index in [4.69, 9.17) is 39.9 Å². The minimum absolute atomic E-state index is 0. The predicted molar refractivity (Wildman–Crippen MR) is 29.1 cm³/mol. The number of rotatable bonds is 0. The third-order valence-corrected chi connectivity index (χ3v) is 0. The van der Waals surface area contributed by atoms with Gasteiger partial charge in [-0.1, -0.05) is 0 Å². The van der Waals surface area contributed by atoms with Crippen molar-refractivity contribution in [3.8, 4) is 0 Å². The summed E-state index contributed by atoms with van der Waals surface area (Å²) in [6.45, 7) is 0. The molecule has 2 radical (unpaired) electrons. The van der Waals surface area contributed by atoms with Gasteiger partial charge in [0.05, 0.1) is 0 Å². The van der Waals surface area contributed by atoms with Crippen molar-refractivity contribution in [1.29, 1.82) is 0 Å². The van der Waals surface area contributed by atoms with Crippen LogP contribution in [0.5, 0.6) is 0 Å². The third-order valence-electron chi connectivity index (χ3n) is 0. The molecular formula is O9S3Ti2. The summed E-state index contributed by atoms with van der Waals surface area (Å²) < 4.78 is 76.0. The molecular weight excluding hydrogens is 336 g/mol. The molecule has 0 fully saturated rings. The van der Waals surface area contributed by atoms with E-state index >= 15 is 0 Å². The normalized spacial score (nSPS) is 7.50. The summed E-state index contributed by atoms with van der Waals surface area (Å²) in [4.78, 5) is 0. The van der Waals surface area contributed by atoms with Gasteiger partial charge in [0.2, 0.25) is 0 Å². The standard InChI is InChI=1S/3H2O3S.2Ti/c3*1-4(2)3;;/h3*(H2,1,2,3);;/q;;;2*+3/p-6. The summed E-state index contributed by atoms with van der Waals surface area (Å²) in [7, 11) is 0. The monoisotopic (exact) mass is 336 g/mol. The fourth-order valence-electron chi connectivity index (χ4n) is 0. The van der Waals surface area contributed by atoms with Crippen LogP contribution in [-0.4, -0.2) is 39.9 Å². The summed E-state index contributed by atoms with van der Waals surface area (Å²) in [6, 6.07) is 0. The minimum Gasteiger partial charge on any atom is -0.784 e. The molecule has 0 saturated heterocycles. The average Bonchev–Trinajstić information content (AvgIpc) is 1.54. The molecule has 0 rings (SSSR count). The first kappa shape index (κ1) is 29.6. The van der Waals surface area contributed by atoms with Crippen molar-refractivity contribution in [2.75, 3.05) is 0 Å². The SMILES string of the molecule is O=S([O-])[O-].O=S([O-])[O-].O=S([O-])[O-].[Ti+3].[Ti+3]. The first-order chi connectivity index (χ1) is 5.20. The molecule has 14 heteroatoms. The zero-order chi connectivity index (χ0) is 10.7. The molecule has 0 aliphatic heterocycles. The summed E-state index contributed by atoms with van der Waals surface area (Å²) in [5.41, 5.74) is 0. The van der Waals surface area contributed by atoms with E-state index in [1.807, 2.05) is 0 Å². The van der Waals surface area contributed by atoms with Crippen LogP contribution in [0.15, 0.2) is 0 Å². The van der Waals surface area contributed by atoms with E-state index in [9.17, 15) is 0 Å².